The van der Waals surface area contributed by atoms with Crippen molar-refractivity contribution in [1.82, 2.24) is 0 Å². The van der Waals surface area contributed by atoms with E-state index < -0.39 is 24.3 Å². The average Bonchev–Trinajstić information content (AvgIpc) is 2.50. The summed E-state index contributed by atoms with van der Waals surface area (Å²) < 4.78 is 41.8. The molecule has 0 saturated heterocycles. The second kappa shape index (κ2) is 2.87. The highest BCUT2D eigenvalue weighted by Crippen LogP contribution is 2.37. The van der Waals surface area contributed by atoms with Gasteiger partial charge in [0.1, 0.15) is 5.76 Å². The molecule has 0 bridgehead atoms. The van der Waals surface area contributed by atoms with Crippen molar-refractivity contribution in [2.24, 2.45) is 5.92 Å². The number of Topliss-reactive ketones (excluding diaryl/α,β-unsaturated/α-hetero) is 1. The third kappa shape index (κ3) is 1.42. The third-order valence-electron chi connectivity index (χ3n) is 2.37. The van der Waals surface area contributed by atoms with Gasteiger partial charge in [0.05, 0.1) is 17.7 Å². The van der Waals surface area contributed by atoms with Crippen LogP contribution in [0.15, 0.2) is 16.7 Å². The fraction of sp³-hybridized carbons (Fsp3) is 0.444. The number of carbonyl (C=O) groups is 1. The molecule has 76 valence electrons. The molecule has 0 N–H and O–H groups in total. The zero-order valence-electron chi connectivity index (χ0n) is 7.10. The van der Waals surface area contributed by atoms with Crippen LogP contribution in [0.3, 0.4) is 0 Å². The molecule has 0 radical (unpaired) electrons. The lowest BCUT2D eigenvalue weighted by Gasteiger charge is -2.22. The maximum atomic E-state index is 12.3. The van der Waals surface area contributed by atoms with Gasteiger partial charge in [0.15, 0.2) is 5.78 Å². The van der Waals surface area contributed by atoms with Crippen LogP contribution in [-0.4, -0.2) is 12.0 Å². The Kier molecular flexibility index (Phi) is 1.90. The van der Waals surface area contributed by atoms with E-state index in [0.717, 1.165) is 0 Å². The highest BCUT2D eigenvalue weighted by molar-refractivity contribution is 5.98. The summed E-state index contributed by atoms with van der Waals surface area (Å²) in [5.74, 6) is -1.92. The molecular weight excluding hydrogens is 197 g/mol. The molecule has 1 aliphatic carbocycles. The van der Waals surface area contributed by atoms with E-state index in [4.69, 9.17) is 4.42 Å². The van der Waals surface area contributed by atoms with Crippen LogP contribution in [-0.2, 0) is 6.42 Å². The summed E-state index contributed by atoms with van der Waals surface area (Å²) in [7, 11) is 0. The Balaban J connectivity index is 2.30. The molecule has 0 amide bonds. The lowest BCUT2D eigenvalue weighted by atomic mass is 9.87. The third-order valence-corrected chi connectivity index (χ3v) is 2.37. The summed E-state index contributed by atoms with van der Waals surface area (Å²) in [5.41, 5.74) is 0.297. The van der Waals surface area contributed by atoms with Gasteiger partial charge in [-0.3, -0.25) is 4.79 Å². The van der Waals surface area contributed by atoms with E-state index in [-0.39, 0.29) is 12.2 Å². The van der Waals surface area contributed by atoms with Crippen molar-refractivity contribution in [3.63, 3.8) is 0 Å². The molecule has 1 aliphatic rings. The van der Waals surface area contributed by atoms with E-state index >= 15 is 0 Å². The van der Waals surface area contributed by atoms with Crippen LogP contribution in [0, 0.1) is 5.92 Å². The predicted octanol–water partition coefficient (Wildman–Crippen LogP) is 2.59. The summed E-state index contributed by atoms with van der Waals surface area (Å²) in [6, 6.07) is 1.42. The number of halogens is 3. The standard InChI is InChI=1S/C9H7F3O2/c10-9(11,12)5-3-7(13)6-1-2-14-8(6)4-5/h1-2,5H,3-4H2/t5-/m1/s1. The minimum Gasteiger partial charge on any atom is -0.469 e. The number of alkyl halides is 3. The van der Waals surface area contributed by atoms with Crippen LogP contribution >= 0.6 is 0 Å². The Bertz CT molecular complexity index is 364. The first-order chi connectivity index (χ1) is 6.48. The highest BCUT2D eigenvalue weighted by Gasteiger charge is 2.44. The average molecular weight is 204 g/mol. The van der Waals surface area contributed by atoms with Crippen LogP contribution in [0.4, 0.5) is 13.2 Å². The lowest BCUT2D eigenvalue weighted by Crippen LogP contribution is -2.31. The molecule has 14 heavy (non-hydrogen) atoms. The van der Waals surface area contributed by atoms with Gasteiger partial charge in [-0.2, -0.15) is 13.2 Å². The summed E-state index contributed by atoms with van der Waals surface area (Å²) in [6.07, 6.45) is -3.75. The SMILES string of the molecule is O=C1C[C@@H](C(F)(F)F)Cc2occc21. The molecule has 1 aromatic rings. The summed E-state index contributed by atoms with van der Waals surface area (Å²) in [4.78, 5) is 11.2. The number of carbonyl (C=O) groups excluding carboxylic acids is 1. The van der Waals surface area contributed by atoms with Crippen LogP contribution in [0.1, 0.15) is 22.5 Å². The first kappa shape index (κ1) is 9.30. The molecule has 1 heterocycles. The van der Waals surface area contributed by atoms with Gasteiger partial charge in [-0.15, -0.1) is 0 Å². The molecule has 0 unspecified atom stereocenters. The molecule has 1 aromatic heterocycles. The Labute approximate surface area is 77.7 Å². The molecule has 0 saturated carbocycles. The fourth-order valence-electron chi connectivity index (χ4n) is 1.61. The van der Waals surface area contributed by atoms with E-state index in [1.54, 1.807) is 0 Å². The minimum absolute atomic E-state index is 0.156. The van der Waals surface area contributed by atoms with Crippen molar-refractivity contribution in [2.45, 2.75) is 19.0 Å². The van der Waals surface area contributed by atoms with Crippen molar-refractivity contribution in [1.29, 1.82) is 0 Å². The van der Waals surface area contributed by atoms with Gasteiger partial charge >= 0.3 is 6.18 Å². The fourth-order valence-corrected chi connectivity index (χ4v) is 1.61. The van der Waals surface area contributed by atoms with Crippen LogP contribution < -0.4 is 0 Å². The molecule has 1 atom stereocenters. The Morgan fingerprint density at radius 3 is 2.71 bits per heavy atom. The summed E-state index contributed by atoms with van der Waals surface area (Å²) in [6.45, 7) is 0. The van der Waals surface area contributed by atoms with Gasteiger partial charge in [-0.05, 0) is 6.07 Å². The normalized spacial score (nSPS) is 22.2. The Morgan fingerprint density at radius 1 is 1.36 bits per heavy atom. The Morgan fingerprint density at radius 2 is 2.07 bits per heavy atom. The van der Waals surface area contributed by atoms with Crippen molar-refractivity contribution in [3.8, 4) is 0 Å². The van der Waals surface area contributed by atoms with E-state index in [0.29, 0.717) is 5.56 Å². The molecule has 0 fully saturated rings. The van der Waals surface area contributed by atoms with Crippen molar-refractivity contribution in [3.05, 3.63) is 23.7 Å². The monoisotopic (exact) mass is 204 g/mol. The molecule has 0 aromatic carbocycles. The number of rotatable bonds is 0. The number of hydrogen-bond donors (Lipinski definition) is 0. The number of ketones is 1. The smallest absolute Gasteiger partial charge is 0.392 e. The molecule has 0 aliphatic heterocycles. The first-order valence-corrected chi connectivity index (χ1v) is 4.15. The van der Waals surface area contributed by atoms with Gasteiger partial charge in [-0.25, -0.2) is 0 Å². The zero-order valence-corrected chi connectivity index (χ0v) is 7.10. The van der Waals surface area contributed by atoms with Gasteiger partial charge < -0.3 is 4.42 Å². The van der Waals surface area contributed by atoms with Gasteiger partial charge in [-0.1, -0.05) is 0 Å². The van der Waals surface area contributed by atoms with Crippen LogP contribution in [0.5, 0.6) is 0 Å². The maximum absolute atomic E-state index is 12.3. The summed E-state index contributed by atoms with van der Waals surface area (Å²) in [5, 5.41) is 0. The van der Waals surface area contributed by atoms with E-state index in [1.165, 1.54) is 12.3 Å². The largest absolute Gasteiger partial charge is 0.469 e. The minimum atomic E-state index is -4.32. The second-order valence-corrected chi connectivity index (χ2v) is 3.33. The van der Waals surface area contributed by atoms with Crippen molar-refractivity contribution >= 4 is 5.78 Å². The van der Waals surface area contributed by atoms with Gasteiger partial charge in [0.25, 0.3) is 0 Å². The predicted molar refractivity (Wildman–Crippen MR) is 40.9 cm³/mol. The lowest BCUT2D eigenvalue weighted by molar-refractivity contribution is -0.174. The van der Waals surface area contributed by atoms with E-state index in [9.17, 15) is 18.0 Å². The number of furan rings is 1. The molecule has 2 nitrogen and oxygen atoms in total. The van der Waals surface area contributed by atoms with E-state index in [2.05, 4.69) is 0 Å². The van der Waals surface area contributed by atoms with Crippen LogP contribution in [0.25, 0.3) is 0 Å². The van der Waals surface area contributed by atoms with E-state index in [1.807, 2.05) is 0 Å². The zero-order chi connectivity index (χ0) is 10.3. The number of fused-ring (bicyclic) bond motifs is 1. The molecule has 0 spiro atoms. The van der Waals surface area contributed by atoms with Gasteiger partial charge in [0, 0.05) is 12.8 Å². The molecule has 5 heteroatoms. The van der Waals surface area contributed by atoms with Gasteiger partial charge in [0.2, 0.25) is 0 Å². The second-order valence-electron chi connectivity index (χ2n) is 3.33. The van der Waals surface area contributed by atoms with Crippen LogP contribution in [0.2, 0.25) is 0 Å². The topological polar surface area (TPSA) is 30.2 Å². The van der Waals surface area contributed by atoms with Crippen molar-refractivity contribution < 1.29 is 22.4 Å². The Hall–Kier alpha value is -1.26. The quantitative estimate of drug-likeness (QED) is 0.650. The summed E-state index contributed by atoms with van der Waals surface area (Å²) >= 11 is 0. The maximum Gasteiger partial charge on any atom is 0.392 e. The molecular formula is C9H7F3O2. The highest BCUT2D eigenvalue weighted by atomic mass is 19.4. The molecule has 2 rings (SSSR count). The number of hydrogen-bond acceptors (Lipinski definition) is 2. The first-order valence-electron chi connectivity index (χ1n) is 4.15. The van der Waals surface area contributed by atoms with Crippen molar-refractivity contribution in [2.75, 3.05) is 0 Å².